The quantitative estimate of drug-likeness (QED) is 0.591. The molecule has 19 heavy (non-hydrogen) atoms. The SMILES string of the molecule is C=CCOC(=O)N(C)Cc1nc(C(=O)OCC)cs1. The molecular formula is C12H16N2O4S. The van der Waals surface area contributed by atoms with Crippen molar-refractivity contribution in [3.63, 3.8) is 0 Å². The highest BCUT2D eigenvalue weighted by atomic mass is 32.1. The molecule has 0 N–H and O–H groups in total. The first-order valence-corrected chi connectivity index (χ1v) is 6.56. The Morgan fingerprint density at radius 3 is 2.89 bits per heavy atom. The van der Waals surface area contributed by atoms with Gasteiger partial charge in [-0.05, 0) is 6.92 Å². The zero-order chi connectivity index (χ0) is 14.3. The van der Waals surface area contributed by atoms with E-state index in [1.807, 2.05) is 0 Å². The van der Waals surface area contributed by atoms with Crippen LogP contribution in [-0.4, -0.2) is 42.2 Å². The van der Waals surface area contributed by atoms with Crippen LogP contribution >= 0.6 is 11.3 Å². The molecule has 0 unspecified atom stereocenters. The molecule has 0 radical (unpaired) electrons. The average molecular weight is 284 g/mol. The normalized spacial score (nSPS) is 9.79. The van der Waals surface area contributed by atoms with Crippen molar-refractivity contribution in [2.45, 2.75) is 13.5 Å². The molecule has 1 aromatic rings. The first-order chi connectivity index (χ1) is 9.08. The molecule has 1 amide bonds. The Hall–Kier alpha value is -1.89. The van der Waals surface area contributed by atoms with Crippen molar-refractivity contribution in [2.24, 2.45) is 0 Å². The van der Waals surface area contributed by atoms with Crippen molar-refractivity contribution in [3.05, 3.63) is 28.7 Å². The van der Waals surface area contributed by atoms with Gasteiger partial charge in [0, 0.05) is 12.4 Å². The standard InChI is InChI=1S/C12H16N2O4S/c1-4-6-18-12(16)14(3)7-10-13-9(8-19-10)11(15)17-5-2/h4,8H,1,5-7H2,2-3H3. The lowest BCUT2D eigenvalue weighted by molar-refractivity contribution is 0.0520. The molecule has 1 heterocycles. The highest BCUT2D eigenvalue weighted by Crippen LogP contribution is 2.13. The summed E-state index contributed by atoms with van der Waals surface area (Å²) in [7, 11) is 1.59. The Balaban J connectivity index is 2.55. The summed E-state index contributed by atoms with van der Waals surface area (Å²) in [5, 5.41) is 2.25. The van der Waals surface area contributed by atoms with E-state index >= 15 is 0 Å². The van der Waals surface area contributed by atoms with Crippen LogP contribution < -0.4 is 0 Å². The van der Waals surface area contributed by atoms with Gasteiger partial charge in [-0.2, -0.15) is 0 Å². The topological polar surface area (TPSA) is 68.7 Å². The fraction of sp³-hybridized carbons (Fsp3) is 0.417. The third kappa shape index (κ3) is 4.70. The van der Waals surface area contributed by atoms with Crippen molar-refractivity contribution in [3.8, 4) is 0 Å². The first kappa shape index (κ1) is 15.2. The maximum atomic E-state index is 11.5. The number of hydrogen-bond acceptors (Lipinski definition) is 6. The highest BCUT2D eigenvalue weighted by Gasteiger charge is 2.15. The largest absolute Gasteiger partial charge is 0.461 e. The van der Waals surface area contributed by atoms with Gasteiger partial charge in [0.2, 0.25) is 0 Å². The molecule has 0 fully saturated rings. The van der Waals surface area contributed by atoms with Crippen LogP contribution in [0.1, 0.15) is 22.4 Å². The van der Waals surface area contributed by atoms with Gasteiger partial charge >= 0.3 is 12.1 Å². The van der Waals surface area contributed by atoms with Crippen LogP contribution in [0.3, 0.4) is 0 Å². The van der Waals surface area contributed by atoms with Crippen molar-refractivity contribution in [1.29, 1.82) is 0 Å². The van der Waals surface area contributed by atoms with E-state index in [0.717, 1.165) is 0 Å². The van der Waals surface area contributed by atoms with E-state index in [-0.39, 0.29) is 18.8 Å². The molecule has 0 aliphatic rings. The van der Waals surface area contributed by atoms with Gasteiger partial charge in [0.05, 0.1) is 13.2 Å². The molecule has 1 aromatic heterocycles. The number of aromatic nitrogens is 1. The average Bonchev–Trinajstić information content (AvgIpc) is 2.84. The van der Waals surface area contributed by atoms with Crippen molar-refractivity contribution >= 4 is 23.4 Å². The van der Waals surface area contributed by atoms with E-state index in [1.165, 1.54) is 22.3 Å². The lowest BCUT2D eigenvalue weighted by atomic mass is 10.5. The Morgan fingerprint density at radius 2 is 2.26 bits per heavy atom. The van der Waals surface area contributed by atoms with Gasteiger partial charge in [0.15, 0.2) is 5.69 Å². The Labute approximate surface area is 115 Å². The van der Waals surface area contributed by atoms with Gasteiger partial charge in [0.25, 0.3) is 0 Å². The van der Waals surface area contributed by atoms with Gasteiger partial charge in [0.1, 0.15) is 11.6 Å². The fourth-order valence-electron chi connectivity index (χ4n) is 1.19. The maximum absolute atomic E-state index is 11.5. The number of nitrogens with zero attached hydrogens (tertiary/aromatic N) is 2. The van der Waals surface area contributed by atoms with E-state index in [0.29, 0.717) is 11.6 Å². The van der Waals surface area contributed by atoms with Crippen LogP contribution in [0.15, 0.2) is 18.0 Å². The smallest absolute Gasteiger partial charge is 0.410 e. The molecule has 1 rings (SSSR count). The van der Waals surface area contributed by atoms with Crippen LogP contribution in [0.5, 0.6) is 0 Å². The summed E-state index contributed by atoms with van der Waals surface area (Å²) in [6.07, 6.45) is 1.03. The summed E-state index contributed by atoms with van der Waals surface area (Å²) in [6, 6.07) is 0. The summed E-state index contributed by atoms with van der Waals surface area (Å²) < 4.78 is 9.71. The van der Waals surface area contributed by atoms with E-state index in [2.05, 4.69) is 11.6 Å². The number of esters is 1. The lowest BCUT2D eigenvalue weighted by Gasteiger charge is -2.14. The molecule has 0 aromatic carbocycles. The zero-order valence-corrected chi connectivity index (χ0v) is 11.7. The number of ether oxygens (including phenoxy) is 2. The molecule has 0 aliphatic heterocycles. The van der Waals surface area contributed by atoms with Crippen LogP contribution in [-0.2, 0) is 16.0 Å². The molecule has 0 aliphatic carbocycles. The molecular weight excluding hydrogens is 268 g/mol. The summed E-state index contributed by atoms with van der Waals surface area (Å²) in [4.78, 5) is 28.4. The van der Waals surface area contributed by atoms with Crippen LogP contribution in [0.2, 0.25) is 0 Å². The highest BCUT2D eigenvalue weighted by molar-refractivity contribution is 7.09. The molecule has 6 nitrogen and oxygen atoms in total. The van der Waals surface area contributed by atoms with Gasteiger partial charge in [-0.3, -0.25) is 0 Å². The second-order valence-electron chi connectivity index (χ2n) is 3.57. The van der Waals surface area contributed by atoms with Gasteiger partial charge in [-0.15, -0.1) is 11.3 Å². The second kappa shape index (κ2) is 7.52. The molecule has 0 bridgehead atoms. The van der Waals surface area contributed by atoms with Gasteiger partial charge < -0.3 is 14.4 Å². The first-order valence-electron chi connectivity index (χ1n) is 5.68. The Morgan fingerprint density at radius 1 is 1.53 bits per heavy atom. The van der Waals surface area contributed by atoms with E-state index in [9.17, 15) is 9.59 Å². The van der Waals surface area contributed by atoms with E-state index < -0.39 is 12.1 Å². The Bertz CT molecular complexity index is 458. The summed E-state index contributed by atoms with van der Waals surface area (Å²) in [5.41, 5.74) is 0.259. The second-order valence-corrected chi connectivity index (χ2v) is 4.51. The predicted molar refractivity (Wildman–Crippen MR) is 71.1 cm³/mol. The minimum atomic E-state index is -0.465. The van der Waals surface area contributed by atoms with Crippen LogP contribution in [0.25, 0.3) is 0 Å². The van der Waals surface area contributed by atoms with Crippen molar-refractivity contribution in [2.75, 3.05) is 20.3 Å². The van der Waals surface area contributed by atoms with Crippen LogP contribution in [0, 0.1) is 0 Å². The molecule has 0 saturated carbocycles. The van der Waals surface area contributed by atoms with Gasteiger partial charge in [-0.25, -0.2) is 14.6 Å². The number of hydrogen-bond donors (Lipinski definition) is 0. The summed E-state index contributed by atoms with van der Waals surface area (Å²) in [5.74, 6) is -0.457. The van der Waals surface area contributed by atoms with Crippen molar-refractivity contribution < 1.29 is 19.1 Å². The summed E-state index contributed by atoms with van der Waals surface area (Å²) in [6.45, 7) is 5.93. The Kier molecular flexibility index (Phi) is 6.01. The van der Waals surface area contributed by atoms with Crippen molar-refractivity contribution in [1.82, 2.24) is 9.88 Å². The maximum Gasteiger partial charge on any atom is 0.410 e. The minimum absolute atomic E-state index is 0.162. The van der Waals surface area contributed by atoms with Gasteiger partial charge in [-0.1, -0.05) is 12.7 Å². The zero-order valence-electron chi connectivity index (χ0n) is 10.9. The monoisotopic (exact) mass is 284 g/mol. The lowest BCUT2D eigenvalue weighted by Crippen LogP contribution is -2.27. The predicted octanol–water partition coefficient (Wildman–Crippen LogP) is 2.07. The van der Waals surface area contributed by atoms with E-state index in [1.54, 1.807) is 19.4 Å². The number of carbonyl (C=O) groups excluding carboxylic acids is 2. The molecule has 0 atom stereocenters. The van der Waals surface area contributed by atoms with Crippen LogP contribution in [0.4, 0.5) is 4.79 Å². The molecule has 0 spiro atoms. The molecule has 7 heteroatoms. The fourth-order valence-corrected chi connectivity index (χ4v) is 2.01. The minimum Gasteiger partial charge on any atom is -0.461 e. The molecule has 0 saturated heterocycles. The third-order valence-corrected chi connectivity index (χ3v) is 2.88. The van der Waals surface area contributed by atoms with E-state index in [4.69, 9.17) is 9.47 Å². The number of amides is 1. The summed E-state index contributed by atoms with van der Waals surface area (Å²) >= 11 is 1.29. The number of thiazole rings is 1. The number of rotatable bonds is 6. The number of carbonyl (C=O) groups is 2. The third-order valence-electron chi connectivity index (χ3n) is 2.05. The molecule has 104 valence electrons.